The summed E-state index contributed by atoms with van der Waals surface area (Å²) in [5.41, 5.74) is 0. The molecule has 56 valence electrons. The number of rotatable bonds is 3. The molecule has 0 atom stereocenters. The summed E-state index contributed by atoms with van der Waals surface area (Å²) in [7, 11) is 3.13. The number of aromatic amines is 1. The lowest BCUT2D eigenvalue weighted by molar-refractivity contribution is -0.111. The summed E-state index contributed by atoms with van der Waals surface area (Å²) in [5, 5.41) is 0. The van der Waals surface area contributed by atoms with E-state index in [1.54, 1.807) is 26.6 Å². The van der Waals surface area contributed by atoms with Gasteiger partial charge >= 0.3 is 0 Å². The molecule has 1 heterocycles. The van der Waals surface area contributed by atoms with Crippen molar-refractivity contribution in [2.75, 3.05) is 14.2 Å². The van der Waals surface area contributed by atoms with Crippen LogP contribution in [0.2, 0.25) is 0 Å². The predicted octanol–water partition coefficient (Wildman–Crippen LogP) is 0.701. The fourth-order valence-electron chi connectivity index (χ4n) is 0.726. The van der Waals surface area contributed by atoms with Crippen molar-refractivity contribution in [3.8, 4) is 0 Å². The van der Waals surface area contributed by atoms with Gasteiger partial charge in [-0.3, -0.25) is 0 Å². The Balaban J connectivity index is 2.64. The van der Waals surface area contributed by atoms with Crippen LogP contribution in [0.4, 0.5) is 0 Å². The summed E-state index contributed by atoms with van der Waals surface area (Å²) in [6.07, 6.45) is 3.00. The molecule has 0 fully saturated rings. The first kappa shape index (κ1) is 7.24. The third-order valence-electron chi connectivity index (χ3n) is 1.17. The Labute approximate surface area is 59.2 Å². The van der Waals surface area contributed by atoms with Crippen LogP contribution < -0.4 is 0 Å². The molecular formula is C6H10N2O2. The average Bonchev–Trinajstić information content (AvgIpc) is 2.43. The molecule has 0 saturated carbocycles. The first-order chi connectivity index (χ1) is 4.88. The second-order valence-corrected chi connectivity index (χ2v) is 1.78. The molecule has 4 heteroatoms. The summed E-state index contributed by atoms with van der Waals surface area (Å²) in [6.45, 7) is 0. The molecule has 1 aromatic rings. The number of nitrogens with one attached hydrogen (secondary N) is 1. The van der Waals surface area contributed by atoms with Gasteiger partial charge in [-0.2, -0.15) is 0 Å². The normalized spacial score (nSPS) is 10.7. The first-order valence-electron chi connectivity index (χ1n) is 2.93. The molecular weight excluding hydrogens is 132 g/mol. The van der Waals surface area contributed by atoms with E-state index in [0.717, 1.165) is 0 Å². The summed E-state index contributed by atoms with van der Waals surface area (Å²) in [4.78, 5) is 6.83. The molecule has 0 amide bonds. The molecule has 0 aromatic carbocycles. The van der Waals surface area contributed by atoms with Crippen LogP contribution in [0.15, 0.2) is 12.4 Å². The van der Waals surface area contributed by atoms with Gasteiger partial charge < -0.3 is 14.5 Å². The van der Waals surface area contributed by atoms with Gasteiger partial charge in [0.2, 0.25) is 6.29 Å². The molecule has 1 aromatic heterocycles. The van der Waals surface area contributed by atoms with Gasteiger partial charge in [0.15, 0.2) is 5.82 Å². The molecule has 0 spiro atoms. The van der Waals surface area contributed by atoms with E-state index < -0.39 is 0 Å². The minimum absolute atomic E-state index is 0.380. The number of hydrogen-bond donors (Lipinski definition) is 1. The third-order valence-corrected chi connectivity index (χ3v) is 1.17. The fourth-order valence-corrected chi connectivity index (χ4v) is 0.726. The van der Waals surface area contributed by atoms with Crippen molar-refractivity contribution in [2.24, 2.45) is 0 Å². The van der Waals surface area contributed by atoms with E-state index in [-0.39, 0.29) is 6.29 Å². The average molecular weight is 142 g/mol. The van der Waals surface area contributed by atoms with Gasteiger partial charge in [-0.05, 0) is 0 Å². The van der Waals surface area contributed by atoms with Crippen LogP contribution in [-0.4, -0.2) is 24.2 Å². The summed E-state index contributed by atoms with van der Waals surface area (Å²) in [6, 6.07) is 0. The zero-order valence-corrected chi connectivity index (χ0v) is 6.00. The van der Waals surface area contributed by atoms with Crippen molar-refractivity contribution in [2.45, 2.75) is 6.29 Å². The van der Waals surface area contributed by atoms with E-state index in [1.165, 1.54) is 0 Å². The molecule has 0 aliphatic rings. The second-order valence-electron chi connectivity index (χ2n) is 1.78. The molecule has 1 N–H and O–H groups in total. The van der Waals surface area contributed by atoms with Crippen LogP contribution >= 0.6 is 0 Å². The molecule has 0 radical (unpaired) electrons. The third kappa shape index (κ3) is 1.34. The highest BCUT2D eigenvalue weighted by Crippen LogP contribution is 2.10. The van der Waals surface area contributed by atoms with Gasteiger partial charge in [0, 0.05) is 26.6 Å². The van der Waals surface area contributed by atoms with E-state index in [2.05, 4.69) is 9.97 Å². The van der Waals surface area contributed by atoms with Gasteiger partial charge in [-0.1, -0.05) is 0 Å². The minimum atomic E-state index is -0.380. The van der Waals surface area contributed by atoms with E-state index in [9.17, 15) is 0 Å². The van der Waals surface area contributed by atoms with Crippen LogP contribution in [0.3, 0.4) is 0 Å². The van der Waals surface area contributed by atoms with Crippen LogP contribution in [0.1, 0.15) is 12.1 Å². The zero-order chi connectivity index (χ0) is 7.40. The largest absolute Gasteiger partial charge is 0.349 e. The Morgan fingerprint density at radius 1 is 1.50 bits per heavy atom. The number of imidazole rings is 1. The van der Waals surface area contributed by atoms with E-state index in [0.29, 0.717) is 5.82 Å². The number of hydrogen-bond acceptors (Lipinski definition) is 3. The monoisotopic (exact) mass is 142 g/mol. The summed E-state index contributed by atoms with van der Waals surface area (Å²) >= 11 is 0. The maximum atomic E-state index is 4.93. The maximum Gasteiger partial charge on any atom is 0.216 e. The maximum absolute atomic E-state index is 4.93. The van der Waals surface area contributed by atoms with Crippen molar-refractivity contribution >= 4 is 0 Å². The van der Waals surface area contributed by atoms with E-state index >= 15 is 0 Å². The predicted molar refractivity (Wildman–Crippen MR) is 35.3 cm³/mol. The Morgan fingerprint density at radius 3 is 2.60 bits per heavy atom. The molecule has 0 unspecified atom stereocenters. The van der Waals surface area contributed by atoms with Crippen LogP contribution in [-0.2, 0) is 9.47 Å². The summed E-state index contributed by atoms with van der Waals surface area (Å²) in [5.74, 6) is 0.685. The number of H-pyrrole nitrogens is 1. The molecule has 10 heavy (non-hydrogen) atoms. The van der Waals surface area contributed by atoms with Gasteiger partial charge in [0.25, 0.3) is 0 Å². The van der Waals surface area contributed by atoms with Crippen molar-refractivity contribution in [3.05, 3.63) is 18.2 Å². The number of methoxy groups -OCH3 is 2. The molecule has 0 bridgehead atoms. The van der Waals surface area contributed by atoms with Gasteiger partial charge in [0.05, 0.1) is 0 Å². The van der Waals surface area contributed by atoms with E-state index in [1.807, 2.05) is 0 Å². The standard InChI is InChI=1S/C6H10N2O2/c1-9-6(10-2)5-7-3-4-8-5/h3-4,6H,1-2H3,(H,7,8). The lowest BCUT2D eigenvalue weighted by Gasteiger charge is -2.08. The Hall–Kier alpha value is -0.870. The van der Waals surface area contributed by atoms with Crippen molar-refractivity contribution in [1.29, 1.82) is 0 Å². The van der Waals surface area contributed by atoms with E-state index in [4.69, 9.17) is 9.47 Å². The van der Waals surface area contributed by atoms with Gasteiger partial charge in [-0.15, -0.1) is 0 Å². The Kier molecular flexibility index (Phi) is 2.42. The number of ether oxygens (including phenoxy) is 2. The fraction of sp³-hybridized carbons (Fsp3) is 0.500. The molecule has 0 saturated heterocycles. The highest BCUT2D eigenvalue weighted by atomic mass is 16.7. The van der Waals surface area contributed by atoms with Crippen LogP contribution in [0.5, 0.6) is 0 Å². The zero-order valence-electron chi connectivity index (χ0n) is 6.00. The Morgan fingerprint density at radius 2 is 2.20 bits per heavy atom. The minimum Gasteiger partial charge on any atom is -0.349 e. The lowest BCUT2D eigenvalue weighted by Crippen LogP contribution is -2.05. The molecule has 0 aliphatic carbocycles. The summed E-state index contributed by atoms with van der Waals surface area (Å²) < 4.78 is 9.86. The SMILES string of the molecule is COC(OC)c1ncc[nH]1. The van der Waals surface area contributed by atoms with Crippen molar-refractivity contribution in [3.63, 3.8) is 0 Å². The number of aromatic nitrogens is 2. The van der Waals surface area contributed by atoms with Crippen LogP contribution in [0, 0.1) is 0 Å². The number of nitrogens with zero attached hydrogens (tertiary/aromatic N) is 1. The topological polar surface area (TPSA) is 47.1 Å². The van der Waals surface area contributed by atoms with Crippen molar-refractivity contribution < 1.29 is 9.47 Å². The smallest absolute Gasteiger partial charge is 0.216 e. The first-order valence-corrected chi connectivity index (χ1v) is 2.93. The molecule has 0 aliphatic heterocycles. The van der Waals surface area contributed by atoms with Crippen LogP contribution in [0.25, 0.3) is 0 Å². The molecule has 1 rings (SSSR count). The Bertz CT molecular complexity index is 170. The van der Waals surface area contributed by atoms with Gasteiger partial charge in [0.1, 0.15) is 0 Å². The second kappa shape index (κ2) is 3.34. The van der Waals surface area contributed by atoms with Gasteiger partial charge in [-0.25, -0.2) is 4.98 Å². The lowest BCUT2D eigenvalue weighted by atomic mass is 10.6. The highest BCUT2D eigenvalue weighted by Gasteiger charge is 2.09. The van der Waals surface area contributed by atoms with Crippen molar-refractivity contribution in [1.82, 2.24) is 9.97 Å². The quantitative estimate of drug-likeness (QED) is 0.632. The highest BCUT2D eigenvalue weighted by molar-refractivity contribution is 4.88. The molecule has 4 nitrogen and oxygen atoms in total.